The van der Waals surface area contributed by atoms with Crippen LogP contribution in [0, 0.1) is 25.7 Å². The van der Waals surface area contributed by atoms with E-state index in [2.05, 4.69) is 34.0 Å². The number of amides is 2. The number of likely N-dealkylation sites (N-methyl/N-ethyl adjacent to an activating group) is 1. The van der Waals surface area contributed by atoms with Gasteiger partial charge >= 0.3 is 0 Å². The van der Waals surface area contributed by atoms with Gasteiger partial charge in [-0.3, -0.25) is 9.59 Å². The molecule has 2 N–H and O–H groups in total. The van der Waals surface area contributed by atoms with E-state index in [1.165, 1.54) is 12.2 Å². The van der Waals surface area contributed by atoms with Crippen LogP contribution in [-0.2, 0) is 11.2 Å². The van der Waals surface area contributed by atoms with E-state index in [0.29, 0.717) is 24.2 Å². The number of nitrogens with zero attached hydrogens (tertiary/aromatic N) is 2. The van der Waals surface area contributed by atoms with Crippen LogP contribution in [0.15, 0.2) is 29.0 Å². The van der Waals surface area contributed by atoms with Gasteiger partial charge in [0.25, 0.3) is 5.91 Å². The molecular formula is C22H29FN4O2. The highest BCUT2D eigenvalue weighted by Gasteiger charge is 2.38. The van der Waals surface area contributed by atoms with Gasteiger partial charge in [-0.2, -0.15) is 0 Å². The van der Waals surface area contributed by atoms with E-state index in [0.717, 1.165) is 36.6 Å². The van der Waals surface area contributed by atoms with Crippen molar-refractivity contribution in [1.82, 2.24) is 15.2 Å². The standard InChI is InChI=1S/C22H29FN4O2/c1-5-27(6-2)10-9-24-22(29)20-13(3)19(25-14(20)4)12-17-16-11-15(23)7-8-18(16)26-21(17)28/h7-8,11,16-17,25H,5-6,9-10,12H2,1-4H3,(H,24,29)/t16-,17+/m1/s1. The number of carbonyl (C=O) groups excluding carboxylic acids is 2. The Kier molecular flexibility index (Phi) is 6.47. The zero-order valence-electron chi connectivity index (χ0n) is 17.5. The van der Waals surface area contributed by atoms with E-state index in [1.807, 2.05) is 13.8 Å². The zero-order valence-corrected chi connectivity index (χ0v) is 17.5. The average molecular weight is 400 g/mol. The summed E-state index contributed by atoms with van der Waals surface area (Å²) in [5, 5.41) is 2.99. The first-order valence-electron chi connectivity index (χ1n) is 10.2. The maximum atomic E-state index is 13.7. The number of fused-ring (bicyclic) bond motifs is 1. The van der Waals surface area contributed by atoms with Crippen LogP contribution in [0.25, 0.3) is 0 Å². The van der Waals surface area contributed by atoms with Gasteiger partial charge in [0.2, 0.25) is 5.91 Å². The molecule has 2 heterocycles. The van der Waals surface area contributed by atoms with Crippen LogP contribution in [0.4, 0.5) is 4.39 Å². The van der Waals surface area contributed by atoms with E-state index in [4.69, 9.17) is 0 Å². The molecule has 0 bridgehead atoms. The summed E-state index contributed by atoms with van der Waals surface area (Å²) in [6.07, 6.45) is 4.75. The first-order chi connectivity index (χ1) is 13.8. The summed E-state index contributed by atoms with van der Waals surface area (Å²) < 4.78 is 13.7. The maximum Gasteiger partial charge on any atom is 0.253 e. The highest BCUT2D eigenvalue weighted by molar-refractivity contribution is 6.12. The second kappa shape index (κ2) is 8.86. The Labute approximate surface area is 171 Å². The molecule has 0 aromatic carbocycles. The minimum atomic E-state index is -0.448. The molecular weight excluding hydrogens is 371 g/mol. The van der Waals surface area contributed by atoms with E-state index < -0.39 is 5.92 Å². The molecule has 29 heavy (non-hydrogen) atoms. The fraction of sp³-hybridized carbons (Fsp3) is 0.500. The quantitative estimate of drug-likeness (QED) is 0.704. The van der Waals surface area contributed by atoms with Gasteiger partial charge in [0, 0.05) is 36.8 Å². The Bertz CT molecular complexity index is 893. The number of rotatable bonds is 8. The van der Waals surface area contributed by atoms with E-state index in [1.54, 1.807) is 6.08 Å². The molecule has 0 radical (unpaired) electrons. The number of allylic oxidation sites excluding steroid dienone is 4. The largest absolute Gasteiger partial charge is 0.362 e. The molecule has 0 saturated heterocycles. The lowest BCUT2D eigenvalue weighted by Gasteiger charge is -2.18. The number of nitrogens with one attached hydrogen (secondary N) is 2. The van der Waals surface area contributed by atoms with Crippen LogP contribution < -0.4 is 5.32 Å². The van der Waals surface area contributed by atoms with Crippen LogP contribution in [0.1, 0.15) is 41.2 Å². The predicted octanol–water partition coefficient (Wildman–Crippen LogP) is 2.88. The summed E-state index contributed by atoms with van der Waals surface area (Å²) in [7, 11) is 0. The number of carbonyl (C=O) groups is 2. The van der Waals surface area contributed by atoms with Crippen molar-refractivity contribution in [1.29, 1.82) is 0 Å². The molecule has 2 atom stereocenters. The molecule has 0 fully saturated rings. The molecule has 1 aliphatic carbocycles. The summed E-state index contributed by atoms with van der Waals surface area (Å²) in [6, 6.07) is 0. The molecule has 156 valence electrons. The Morgan fingerprint density at radius 2 is 2.00 bits per heavy atom. The molecule has 0 spiro atoms. The number of aromatic nitrogens is 1. The normalized spacial score (nSPS) is 20.7. The Morgan fingerprint density at radius 1 is 1.28 bits per heavy atom. The SMILES string of the molecule is CCN(CC)CCNC(=O)c1c(C)[nH]c(C[C@@H]2C(=O)N=C3C=CC(F)=C[C@@H]32)c1C. The van der Waals surface area contributed by atoms with E-state index >= 15 is 0 Å². The van der Waals surface area contributed by atoms with E-state index in [9.17, 15) is 14.0 Å². The average Bonchev–Trinajstić information content (AvgIpc) is 3.14. The molecule has 7 heteroatoms. The maximum absolute atomic E-state index is 13.7. The molecule has 6 nitrogen and oxygen atoms in total. The van der Waals surface area contributed by atoms with Gasteiger partial charge in [0.05, 0.1) is 17.2 Å². The summed E-state index contributed by atoms with van der Waals surface area (Å²) in [6.45, 7) is 11.2. The fourth-order valence-corrected chi connectivity index (χ4v) is 4.14. The van der Waals surface area contributed by atoms with Crippen molar-refractivity contribution in [2.75, 3.05) is 26.2 Å². The Hall–Kier alpha value is -2.54. The van der Waals surface area contributed by atoms with Crippen molar-refractivity contribution in [3.8, 4) is 0 Å². The summed E-state index contributed by atoms with van der Waals surface area (Å²) >= 11 is 0. The van der Waals surface area contributed by atoms with Gasteiger partial charge in [0.15, 0.2) is 0 Å². The molecule has 0 unspecified atom stereocenters. The lowest BCUT2D eigenvalue weighted by molar-refractivity contribution is -0.121. The van der Waals surface area contributed by atoms with Crippen molar-refractivity contribution in [3.05, 3.63) is 46.6 Å². The van der Waals surface area contributed by atoms with Gasteiger partial charge in [-0.15, -0.1) is 0 Å². The molecule has 1 aromatic heterocycles. The van der Waals surface area contributed by atoms with Crippen molar-refractivity contribution in [2.45, 2.75) is 34.1 Å². The number of halogens is 1. The van der Waals surface area contributed by atoms with Crippen molar-refractivity contribution in [3.63, 3.8) is 0 Å². The van der Waals surface area contributed by atoms with Crippen molar-refractivity contribution < 1.29 is 14.0 Å². The topological polar surface area (TPSA) is 77.6 Å². The van der Waals surface area contributed by atoms with Crippen molar-refractivity contribution in [2.24, 2.45) is 16.8 Å². The highest BCUT2D eigenvalue weighted by Crippen LogP contribution is 2.33. The van der Waals surface area contributed by atoms with E-state index in [-0.39, 0.29) is 23.6 Å². The number of aliphatic imine (C=N–C) groups is 1. The fourth-order valence-electron chi connectivity index (χ4n) is 4.14. The second-order valence-corrected chi connectivity index (χ2v) is 7.61. The van der Waals surface area contributed by atoms with Crippen LogP contribution in [-0.4, -0.2) is 53.6 Å². The Morgan fingerprint density at radius 3 is 2.69 bits per heavy atom. The minimum absolute atomic E-state index is 0.115. The number of aromatic amines is 1. The molecule has 3 rings (SSSR count). The zero-order chi connectivity index (χ0) is 21.1. The number of aryl methyl sites for hydroxylation is 1. The minimum Gasteiger partial charge on any atom is -0.362 e. The van der Waals surface area contributed by atoms with Crippen LogP contribution in [0.5, 0.6) is 0 Å². The molecule has 0 saturated carbocycles. The third-order valence-electron chi connectivity index (χ3n) is 5.88. The summed E-state index contributed by atoms with van der Waals surface area (Å²) in [5.41, 5.74) is 3.66. The smallest absolute Gasteiger partial charge is 0.253 e. The number of hydrogen-bond donors (Lipinski definition) is 2. The van der Waals surface area contributed by atoms with Gasteiger partial charge in [-0.25, -0.2) is 9.38 Å². The first-order valence-corrected chi connectivity index (χ1v) is 10.2. The summed E-state index contributed by atoms with van der Waals surface area (Å²) in [4.78, 5) is 34.7. The number of hydrogen-bond acceptors (Lipinski definition) is 3. The van der Waals surface area contributed by atoms with Gasteiger partial charge < -0.3 is 15.2 Å². The molecule has 1 aromatic rings. The number of H-pyrrole nitrogens is 1. The predicted molar refractivity (Wildman–Crippen MR) is 112 cm³/mol. The Balaban J connectivity index is 1.70. The second-order valence-electron chi connectivity index (χ2n) is 7.61. The molecule has 1 aliphatic heterocycles. The van der Waals surface area contributed by atoms with Gasteiger partial charge in [0.1, 0.15) is 5.83 Å². The third-order valence-corrected chi connectivity index (χ3v) is 5.88. The third kappa shape index (κ3) is 4.40. The molecule has 2 aliphatic rings. The lowest BCUT2D eigenvalue weighted by atomic mass is 9.84. The molecule has 2 amide bonds. The monoisotopic (exact) mass is 400 g/mol. The highest BCUT2D eigenvalue weighted by atomic mass is 19.1. The lowest BCUT2D eigenvalue weighted by Crippen LogP contribution is -2.35. The van der Waals surface area contributed by atoms with Crippen LogP contribution in [0.3, 0.4) is 0 Å². The summed E-state index contributed by atoms with van der Waals surface area (Å²) in [5.74, 6) is -1.49. The van der Waals surface area contributed by atoms with Crippen LogP contribution >= 0.6 is 0 Å². The van der Waals surface area contributed by atoms with Gasteiger partial charge in [-0.05, 0) is 50.7 Å². The van der Waals surface area contributed by atoms with Gasteiger partial charge in [-0.1, -0.05) is 13.8 Å². The van der Waals surface area contributed by atoms with Crippen molar-refractivity contribution >= 4 is 17.5 Å². The van der Waals surface area contributed by atoms with Crippen LogP contribution in [0.2, 0.25) is 0 Å². The first kappa shape index (κ1) is 21.2.